The van der Waals surface area contributed by atoms with E-state index < -0.39 is 0 Å². The monoisotopic (exact) mass is 328 g/mol. The van der Waals surface area contributed by atoms with Gasteiger partial charge in [0.1, 0.15) is 0 Å². The second kappa shape index (κ2) is 6.99. The fraction of sp³-hybridized carbons (Fsp3) is 0.562. The number of nitrogens with two attached hydrogens (primary N) is 1. The molecule has 21 heavy (non-hydrogen) atoms. The molecule has 1 aromatic rings. The first-order valence-electron chi connectivity index (χ1n) is 7.47. The highest BCUT2D eigenvalue weighted by Gasteiger charge is 2.28. The van der Waals surface area contributed by atoms with Crippen LogP contribution in [0.5, 0.6) is 0 Å². The van der Waals surface area contributed by atoms with Gasteiger partial charge in [0.2, 0.25) is 5.91 Å². The molecular weight excluding hydrogens is 307 g/mol. The molecule has 1 saturated carbocycles. The summed E-state index contributed by atoms with van der Waals surface area (Å²) in [6, 6.07) is 6.30. The summed E-state index contributed by atoms with van der Waals surface area (Å²) < 4.78 is 0. The predicted molar refractivity (Wildman–Crippen MR) is 87.8 cm³/mol. The Bertz CT molecular complexity index is 521. The Balaban J connectivity index is 0.00000161. The minimum Gasteiger partial charge on any atom is -0.349 e. The molecular formula is C16H22Cl2N2O. The minimum absolute atomic E-state index is 0. The molecule has 116 valence electrons. The second-order valence-corrected chi connectivity index (χ2v) is 6.50. The van der Waals surface area contributed by atoms with Crippen LogP contribution in [0.25, 0.3) is 0 Å². The van der Waals surface area contributed by atoms with Crippen molar-refractivity contribution in [3.8, 4) is 0 Å². The van der Waals surface area contributed by atoms with Crippen LogP contribution in [0.3, 0.4) is 0 Å². The Kier molecular flexibility index (Phi) is 5.53. The third-order valence-corrected chi connectivity index (χ3v) is 4.92. The molecule has 2 aliphatic carbocycles. The van der Waals surface area contributed by atoms with Crippen LogP contribution < -0.4 is 11.1 Å². The molecule has 3 N–H and O–H groups in total. The van der Waals surface area contributed by atoms with Crippen molar-refractivity contribution in [1.29, 1.82) is 0 Å². The summed E-state index contributed by atoms with van der Waals surface area (Å²) in [7, 11) is 0. The molecule has 1 unspecified atom stereocenters. The van der Waals surface area contributed by atoms with Crippen molar-refractivity contribution >= 4 is 29.9 Å². The van der Waals surface area contributed by atoms with Crippen LogP contribution in [0.4, 0.5) is 0 Å². The predicted octanol–water partition coefficient (Wildman–Crippen LogP) is 3.38. The second-order valence-electron chi connectivity index (χ2n) is 6.06. The summed E-state index contributed by atoms with van der Waals surface area (Å²) >= 11 is 6.00. The molecule has 0 spiro atoms. The van der Waals surface area contributed by atoms with Crippen molar-refractivity contribution in [2.75, 3.05) is 0 Å². The zero-order valence-electron chi connectivity index (χ0n) is 12.0. The Morgan fingerprint density at radius 3 is 2.86 bits per heavy atom. The van der Waals surface area contributed by atoms with Gasteiger partial charge in [-0.2, -0.15) is 0 Å². The Morgan fingerprint density at radius 1 is 1.33 bits per heavy atom. The largest absolute Gasteiger partial charge is 0.349 e. The first-order valence-corrected chi connectivity index (χ1v) is 7.84. The lowest BCUT2D eigenvalue weighted by molar-refractivity contribution is -0.122. The summed E-state index contributed by atoms with van der Waals surface area (Å²) in [5.74, 6) is 0.501. The van der Waals surface area contributed by atoms with Crippen LogP contribution in [-0.4, -0.2) is 11.9 Å². The number of carbonyl (C=O) groups excluding carboxylic acids is 1. The smallest absolute Gasteiger partial charge is 0.220 e. The summed E-state index contributed by atoms with van der Waals surface area (Å²) in [6.45, 7) is 0. The normalized spacial score (nSPS) is 27.0. The van der Waals surface area contributed by atoms with Gasteiger partial charge in [0.25, 0.3) is 0 Å². The van der Waals surface area contributed by atoms with Crippen molar-refractivity contribution in [2.45, 2.75) is 50.6 Å². The highest BCUT2D eigenvalue weighted by Crippen LogP contribution is 2.33. The van der Waals surface area contributed by atoms with Crippen LogP contribution in [0.15, 0.2) is 18.2 Å². The summed E-state index contributed by atoms with van der Waals surface area (Å²) in [5, 5.41) is 3.94. The molecule has 2 aliphatic rings. The molecule has 0 bridgehead atoms. The van der Waals surface area contributed by atoms with Crippen molar-refractivity contribution in [1.82, 2.24) is 5.32 Å². The Hall–Kier alpha value is -0.770. The standard InChI is InChI=1S/C16H21ClN2O.ClH/c17-12-5-6-13-10(8-12)4-7-15(13)19-16(20)9-11-2-1-3-14(11)18;/h5-6,8,11,14-15H,1-4,7,9,18H2,(H,19,20);1H/t11-,14+,15?;/m0./s1. The van der Waals surface area contributed by atoms with E-state index in [1.165, 1.54) is 11.1 Å². The average molecular weight is 329 g/mol. The van der Waals surface area contributed by atoms with Crippen LogP contribution >= 0.6 is 24.0 Å². The molecule has 1 aromatic carbocycles. The Labute approximate surface area is 137 Å². The number of amides is 1. The van der Waals surface area contributed by atoms with Gasteiger partial charge in [-0.1, -0.05) is 24.1 Å². The van der Waals surface area contributed by atoms with Crippen molar-refractivity contribution < 1.29 is 4.79 Å². The minimum atomic E-state index is 0. The highest BCUT2D eigenvalue weighted by atomic mass is 35.5. The number of aryl methyl sites for hydroxylation is 1. The van der Waals surface area contributed by atoms with Crippen molar-refractivity contribution in [3.63, 3.8) is 0 Å². The zero-order chi connectivity index (χ0) is 14.1. The maximum Gasteiger partial charge on any atom is 0.220 e. The molecule has 5 heteroatoms. The summed E-state index contributed by atoms with van der Waals surface area (Å²) in [4.78, 5) is 12.2. The number of halogens is 2. The van der Waals surface area contributed by atoms with E-state index in [9.17, 15) is 4.79 Å². The summed E-state index contributed by atoms with van der Waals surface area (Å²) in [5.41, 5.74) is 8.52. The van der Waals surface area contributed by atoms with Crippen molar-refractivity contribution in [3.05, 3.63) is 34.3 Å². The molecule has 0 radical (unpaired) electrons. The number of nitrogens with one attached hydrogen (secondary N) is 1. The number of carbonyl (C=O) groups is 1. The van der Waals surface area contributed by atoms with Gasteiger partial charge in [0.15, 0.2) is 0 Å². The van der Waals surface area contributed by atoms with E-state index in [0.29, 0.717) is 12.3 Å². The van der Waals surface area contributed by atoms with Gasteiger partial charge in [-0.25, -0.2) is 0 Å². The maximum absolute atomic E-state index is 12.2. The summed E-state index contributed by atoms with van der Waals surface area (Å²) in [6.07, 6.45) is 5.83. The van der Waals surface area contributed by atoms with Gasteiger partial charge < -0.3 is 11.1 Å². The first kappa shape index (κ1) is 16.6. The molecule has 3 nitrogen and oxygen atoms in total. The highest BCUT2D eigenvalue weighted by molar-refractivity contribution is 6.30. The van der Waals surface area contributed by atoms with E-state index in [1.807, 2.05) is 18.2 Å². The van der Waals surface area contributed by atoms with Gasteiger partial charge in [0.05, 0.1) is 6.04 Å². The molecule has 3 rings (SSSR count). The molecule has 0 saturated heterocycles. The number of fused-ring (bicyclic) bond motifs is 1. The number of benzene rings is 1. The molecule has 0 aliphatic heterocycles. The van der Waals surface area contributed by atoms with Crippen molar-refractivity contribution in [2.24, 2.45) is 11.7 Å². The zero-order valence-corrected chi connectivity index (χ0v) is 13.6. The van der Waals surface area contributed by atoms with Gasteiger partial charge in [-0.05, 0) is 54.9 Å². The van der Waals surface area contributed by atoms with E-state index in [0.717, 1.165) is 37.1 Å². The Morgan fingerprint density at radius 2 is 2.14 bits per heavy atom. The molecule has 0 heterocycles. The number of rotatable bonds is 3. The average Bonchev–Trinajstić information content (AvgIpc) is 2.97. The van der Waals surface area contributed by atoms with Gasteiger partial charge >= 0.3 is 0 Å². The van der Waals surface area contributed by atoms with Gasteiger partial charge in [-0.3, -0.25) is 4.79 Å². The van der Waals surface area contributed by atoms with E-state index in [-0.39, 0.29) is 30.4 Å². The molecule has 1 fully saturated rings. The lowest BCUT2D eigenvalue weighted by atomic mass is 9.99. The van der Waals surface area contributed by atoms with Crippen LogP contribution in [0.1, 0.15) is 49.3 Å². The van der Waals surface area contributed by atoms with E-state index >= 15 is 0 Å². The lowest BCUT2D eigenvalue weighted by Gasteiger charge is -2.18. The molecule has 3 atom stereocenters. The van der Waals surface area contributed by atoms with Crippen LogP contribution in [-0.2, 0) is 11.2 Å². The van der Waals surface area contributed by atoms with E-state index in [1.54, 1.807) is 0 Å². The van der Waals surface area contributed by atoms with Gasteiger partial charge in [0, 0.05) is 17.5 Å². The quantitative estimate of drug-likeness (QED) is 0.893. The molecule has 1 amide bonds. The molecule has 0 aromatic heterocycles. The fourth-order valence-electron chi connectivity index (χ4n) is 3.55. The van der Waals surface area contributed by atoms with E-state index in [4.69, 9.17) is 17.3 Å². The van der Waals surface area contributed by atoms with Gasteiger partial charge in [-0.15, -0.1) is 12.4 Å². The van der Waals surface area contributed by atoms with E-state index in [2.05, 4.69) is 5.32 Å². The first-order chi connectivity index (χ1) is 9.63. The third kappa shape index (κ3) is 3.71. The number of hydrogen-bond acceptors (Lipinski definition) is 2. The topological polar surface area (TPSA) is 55.1 Å². The van der Waals surface area contributed by atoms with Crippen LogP contribution in [0.2, 0.25) is 5.02 Å². The lowest BCUT2D eigenvalue weighted by Crippen LogP contribution is -2.33. The SMILES string of the molecule is Cl.N[C@@H]1CCC[C@H]1CC(=O)NC1CCc2cc(Cl)ccc21. The number of hydrogen-bond donors (Lipinski definition) is 2. The van der Waals surface area contributed by atoms with Crippen LogP contribution in [0, 0.1) is 5.92 Å². The fourth-order valence-corrected chi connectivity index (χ4v) is 3.74. The third-order valence-electron chi connectivity index (χ3n) is 4.68. The maximum atomic E-state index is 12.2.